The van der Waals surface area contributed by atoms with Crippen molar-refractivity contribution in [3.63, 3.8) is 0 Å². The molecule has 0 saturated heterocycles. The Morgan fingerprint density at radius 2 is 2.21 bits per heavy atom. The maximum absolute atomic E-state index is 5.74. The molecule has 0 aliphatic heterocycles. The SMILES string of the molecule is CCC(C)N(C)c1cccc(CCl)n1. The Bertz CT molecular complexity index is 288. The minimum atomic E-state index is 0.474. The zero-order chi connectivity index (χ0) is 10.6. The van der Waals surface area contributed by atoms with Crippen LogP contribution in [0.4, 0.5) is 5.82 Å². The van der Waals surface area contributed by atoms with Crippen LogP contribution in [0.2, 0.25) is 0 Å². The number of anilines is 1. The summed E-state index contributed by atoms with van der Waals surface area (Å²) in [6.07, 6.45) is 1.11. The van der Waals surface area contributed by atoms with Crippen molar-refractivity contribution in [1.82, 2.24) is 4.98 Å². The van der Waals surface area contributed by atoms with Gasteiger partial charge in [0, 0.05) is 13.1 Å². The van der Waals surface area contributed by atoms with Crippen LogP contribution in [0, 0.1) is 0 Å². The smallest absolute Gasteiger partial charge is 0.128 e. The van der Waals surface area contributed by atoms with E-state index in [9.17, 15) is 0 Å². The predicted molar refractivity (Wildman–Crippen MR) is 62.0 cm³/mol. The molecule has 0 N–H and O–H groups in total. The quantitative estimate of drug-likeness (QED) is 0.714. The Morgan fingerprint density at radius 3 is 2.79 bits per heavy atom. The van der Waals surface area contributed by atoms with Crippen LogP contribution >= 0.6 is 11.6 Å². The van der Waals surface area contributed by atoms with Gasteiger partial charge in [-0.3, -0.25) is 0 Å². The fraction of sp³-hybridized carbons (Fsp3) is 0.545. The molecule has 2 nitrogen and oxygen atoms in total. The number of rotatable bonds is 4. The van der Waals surface area contributed by atoms with Gasteiger partial charge < -0.3 is 4.90 Å². The molecule has 0 amide bonds. The molecule has 1 atom stereocenters. The first kappa shape index (κ1) is 11.3. The lowest BCUT2D eigenvalue weighted by Crippen LogP contribution is -2.28. The summed E-state index contributed by atoms with van der Waals surface area (Å²) in [5, 5.41) is 0. The van der Waals surface area contributed by atoms with Gasteiger partial charge >= 0.3 is 0 Å². The highest BCUT2D eigenvalue weighted by Crippen LogP contribution is 2.14. The lowest BCUT2D eigenvalue weighted by Gasteiger charge is -2.25. The van der Waals surface area contributed by atoms with Gasteiger partial charge in [-0.15, -0.1) is 11.6 Å². The standard InChI is InChI=1S/C11H17ClN2/c1-4-9(2)14(3)11-7-5-6-10(8-12)13-11/h5-7,9H,4,8H2,1-3H3. The summed E-state index contributed by atoms with van der Waals surface area (Å²) < 4.78 is 0. The lowest BCUT2D eigenvalue weighted by molar-refractivity contribution is 0.656. The molecule has 0 aliphatic rings. The Balaban J connectivity index is 2.83. The number of aromatic nitrogens is 1. The summed E-state index contributed by atoms with van der Waals surface area (Å²) in [7, 11) is 2.06. The zero-order valence-electron chi connectivity index (χ0n) is 9.00. The third-order valence-electron chi connectivity index (χ3n) is 2.54. The fourth-order valence-corrected chi connectivity index (χ4v) is 1.39. The molecular weight excluding hydrogens is 196 g/mol. The van der Waals surface area contributed by atoms with E-state index < -0.39 is 0 Å². The van der Waals surface area contributed by atoms with Gasteiger partial charge in [0.2, 0.25) is 0 Å². The molecular formula is C11H17ClN2. The van der Waals surface area contributed by atoms with Gasteiger partial charge in [0.05, 0.1) is 11.6 Å². The van der Waals surface area contributed by atoms with Gasteiger partial charge in [-0.1, -0.05) is 13.0 Å². The second-order valence-corrected chi connectivity index (χ2v) is 3.76. The first-order valence-corrected chi connectivity index (χ1v) is 5.47. The van der Waals surface area contributed by atoms with Gasteiger partial charge in [0.25, 0.3) is 0 Å². The number of pyridine rings is 1. The molecule has 0 fully saturated rings. The number of alkyl halides is 1. The fourth-order valence-electron chi connectivity index (χ4n) is 1.24. The number of halogens is 1. The van der Waals surface area contributed by atoms with Crippen molar-refractivity contribution in [3.8, 4) is 0 Å². The highest BCUT2D eigenvalue weighted by molar-refractivity contribution is 6.16. The first-order chi connectivity index (χ1) is 6.69. The first-order valence-electron chi connectivity index (χ1n) is 4.93. The van der Waals surface area contributed by atoms with Gasteiger partial charge in [-0.05, 0) is 25.5 Å². The van der Waals surface area contributed by atoms with Gasteiger partial charge in [-0.25, -0.2) is 4.98 Å². The molecule has 1 heterocycles. The van der Waals surface area contributed by atoms with E-state index >= 15 is 0 Å². The van der Waals surface area contributed by atoms with Crippen LogP contribution in [-0.4, -0.2) is 18.1 Å². The average Bonchev–Trinajstić information content (AvgIpc) is 2.27. The minimum absolute atomic E-state index is 0.474. The molecule has 0 bridgehead atoms. The van der Waals surface area contributed by atoms with Crippen molar-refractivity contribution in [3.05, 3.63) is 23.9 Å². The summed E-state index contributed by atoms with van der Waals surface area (Å²) in [5.41, 5.74) is 0.930. The maximum Gasteiger partial charge on any atom is 0.128 e. The van der Waals surface area contributed by atoms with E-state index in [0.29, 0.717) is 11.9 Å². The van der Waals surface area contributed by atoms with E-state index in [1.807, 2.05) is 18.2 Å². The number of nitrogens with zero attached hydrogens (tertiary/aromatic N) is 2. The van der Waals surface area contributed by atoms with Crippen LogP contribution in [0.15, 0.2) is 18.2 Å². The van der Waals surface area contributed by atoms with E-state index in [4.69, 9.17) is 11.6 Å². The van der Waals surface area contributed by atoms with Crippen molar-refractivity contribution >= 4 is 17.4 Å². The van der Waals surface area contributed by atoms with E-state index in [-0.39, 0.29) is 0 Å². The topological polar surface area (TPSA) is 16.1 Å². The molecule has 0 radical (unpaired) electrons. The third-order valence-corrected chi connectivity index (χ3v) is 2.82. The largest absolute Gasteiger partial charge is 0.357 e. The molecule has 14 heavy (non-hydrogen) atoms. The minimum Gasteiger partial charge on any atom is -0.357 e. The number of hydrogen-bond acceptors (Lipinski definition) is 2. The Kier molecular flexibility index (Phi) is 4.21. The summed E-state index contributed by atoms with van der Waals surface area (Å²) in [6.45, 7) is 4.36. The van der Waals surface area contributed by atoms with E-state index in [1.54, 1.807) is 0 Å². The van der Waals surface area contributed by atoms with Gasteiger partial charge in [0.15, 0.2) is 0 Å². The van der Waals surface area contributed by atoms with Crippen molar-refractivity contribution in [2.24, 2.45) is 0 Å². The number of hydrogen-bond donors (Lipinski definition) is 0. The van der Waals surface area contributed by atoms with Crippen LogP contribution in [0.3, 0.4) is 0 Å². The van der Waals surface area contributed by atoms with Crippen LogP contribution < -0.4 is 4.90 Å². The van der Waals surface area contributed by atoms with Crippen LogP contribution in [0.5, 0.6) is 0 Å². The molecule has 1 unspecified atom stereocenters. The Morgan fingerprint density at radius 1 is 1.50 bits per heavy atom. The summed E-state index contributed by atoms with van der Waals surface area (Å²) in [4.78, 5) is 6.63. The van der Waals surface area contributed by atoms with Crippen molar-refractivity contribution in [2.75, 3.05) is 11.9 Å². The van der Waals surface area contributed by atoms with Gasteiger partial charge in [-0.2, -0.15) is 0 Å². The molecule has 0 aromatic carbocycles. The molecule has 1 rings (SSSR count). The summed E-state index contributed by atoms with van der Waals surface area (Å²) in [6, 6.07) is 6.47. The maximum atomic E-state index is 5.74. The van der Waals surface area contributed by atoms with Crippen LogP contribution in [0.1, 0.15) is 26.0 Å². The van der Waals surface area contributed by atoms with E-state index in [0.717, 1.165) is 17.9 Å². The van der Waals surface area contributed by atoms with Gasteiger partial charge in [0.1, 0.15) is 5.82 Å². The second kappa shape index (κ2) is 5.20. The summed E-state index contributed by atoms with van der Waals surface area (Å²) in [5.74, 6) is 1.47. The van der Waals surface area contributed by atoms with Crippen molar-refractivity contribution in [1.29, 1.82) is 0 Å². The average molecular weight is 213 g/mol. The van der Waals surface area contributed by atoms with Crippen LogP contribution in [-0.2, 0) is 5.88 Å². The Hall–Kier alpha value is -0.760. The molecule has 0 spiro atoms. The predicted octanol–water partition coefficient (Wildman–Crippen LogP) is 3.06. The molecule has 1 aromatic rings. The monoisotopic (exact) mass is 212 g/mol. The summed E-state index contributed by atoms with van der Waals surface area (Å²) >= 11 is 5.74. The van der Waals surface area contributed by atoms with E-state index in [1.165, 1.54) is 0 Å². The van der Waals surface area contributed by atoms with Crippen LogP contribution in [0.25, 0.3) is 0 Å². The third kappa shape index (κ3) is 2.61. The molecule has 3 heteroatoms. The van der Waals surface area contributed by atoms with Crippen molar-refractivity contribution in [2.45, 2.75) is 32.2 Å². The highest BCUT2D eigenvalue weighted by Gasteiger charge is 2.08. The molecule has 1 aromatic heterocycles. The Labute approximate surface area is 90.9 Å². The molecule has 78 valence electrons. The second-order valence-electron chi connectivity index (χ2n) is 3.49. The van der Waals surface area contributed by atoms with E-state index in [2.05, 4.69) is 30.8 Å². The molecule has 0 aliphatic carbocycles. The zero-order valence-corrected chi connectivity index (χ0v) is 9.75. The lowest BCUT2D eigenvalue weighted by atomic mass is 10.2. The highest BCUT2D eigenvalue weighted by atomic mass is 35.5. The normalized spacial score (nSPS) is 12.6. The molecule has 0 saturated carbocycles. The van der Waals surface area contributed by atoms with Crippen molar-refractivity contribution < 1.29 is 0 Å².